The predicted octanol–water partition coefficient (Wildman–Crippen LogP) is 4.07. The third-order valence-electron chi connectivity index (χ3n) is 6.14. The molecular formula is C25H32N6O3S. The Bertz CT molecular complexity index is 1160. The topological polar surface area (TPSA) is 79.9 Å². The Morgan fingerprint density at radius 2 is 1.77 bits per heavy atom. The van der Waals surface area contributed by atoms with Crippen LogP contribution in [0.25, 0.3) is 11.5 Å². The number of anilines is 2. The summed E-state index contributed by atoms with van der Waals surface area (Å²) in [4.78, 5) is 23.4. The predicted molar refractivity (Wildman–Crippen MR) is 138 cm³/mol. The maximum absolute atomic E-state index is 11.8. The molecule has 9 nitrogen and oxygen atoms in total. The van der Waals surface area contributed by atoms with Gasteiger partial charge in [0.2, 0.25) is 5.89 Å². The van der Waals surface area contributed by atoms with Gasteiger partial charge in [0, 0.05) is 56.7 Å². The summed E-state index contributed by atoms with van der Waals surface area (Å²) in [5.41, 5.74) is 2.56. The zero-order valence-corrected chi connectivity index (χ0v) is 21.3. The first-order valence-corrected chi connectivity index (χ1v) is 12.5. The van der Waals surface area contributed by atoms with Crippen molar-refractivity contribution >= 4 is 29.7 Å². The van der Waals surface area contributed by atoms with Crippen LogP contribution in [0.2, 0.25) is 0 Å². The van der Waals surface area contributed by atoms with Gasteiger partial charge in [0.25, 0.3) is 4.84 Å². The Hall–Kier alpha value is -3.24. The van der Waals surface area contributed by atoms with Gasteiger partial charge in [-0.25, -0.2) is 14.5 Å². The minimum Gasteiger partial charge on any atom is -0.462 e. The highest BCUT2D eigenvalue weighted by Gasteiger charge is 2.20. The quantitative estimate of drug-likeness (QED) is 0.322. The van der Waals surface area contributed by atoms with Crippen molar-refractivity contribution in [2.45, 2.75) is 27.4 Å². The van der Waals surface area contributed by atoms with Gasteiger partial charge in [-0.2, -0.15) is 0 Å². The van der Waals surface area contributed by atoms with Crippen molar-refractivity contribution in [2.75, 3.05) is 55.7 Å². The summed E-state index contributed by atoms with van der Waals surface area (Å²) < 4.78 is 12.6. The highest BCUT2D eigenvalue weighted by atomic mass is 32.1. The smallest absolute Gasteiger partial charge is 0.339 e. The number of benzene rings is 1. The molecule has 0 amide bonds. The van der Waals surface area contributed by atoms with Crippen LogP contribution in [0, 0.1) is 4.84 Å². The second-order valence-corrected chi connectivity index (χ2v) is 8.61. The molecule has 0 radical (unpaired) electrons. The molecule has 2 aromatic heterocycles. The third kappa shape index (κ3) is 5.88. The molecule has 0 unspecified atom stereocenters. The molecule has 0 spiro atoms. The lowest BCUT2D eigenvalue weighted by molar-refractivity contribution is 0.0526. The van der Waals surface area contributed by atoms with E-state index in [2.05, 4.69) is 50.8 Å². The van der Waals surface area contributed by atoms with E-state index in [4.69, 9.17) is 21.4 Å². The van der Waals surface area contributed by atoms with Crippen molar-refractivity contribution in [3.05, 3.63) is 53.0 Å². The van der Waals surface area contributed by atoms with E-state index in [0.29, 0.717) is 29.6 Å². The number of carbonyl (C=O) groups excluding carboxylic acids is 1. The SMILES string of the molecule is CCOC(=O)c1ccc(N2CCN(Cn3nc(-c4ccc(N(CC)CC)cc4)oc3=S)CC2)nc1. The summed E-state index contributed by atoms with van der Waals surface area (Å²) in [7, 11) is 0. The lowest BCUT2D eigenvalue weighted by Crippen LogP contribution is -2.47. The molecule has 1 aliphatic rings. The zero-order chi connectivity index (χ0) is 24.8. The van der Waals surface area contributed by atoms with Crippen molar-refractivity contribution in [3.63, 3.8) is 0 Å². The molecule has 1 saturated heterocycles. The van der Waals surface area contributed by atoms with E-state index >= 15 is 0 Å². The fourth-order valence-corrected chi connectivity index (χ4v) is 4.31. The number of ether oxygens (including phenoxy) is 1. The van der Waals surface area contributed by atoms with E-state index in [-0.39, 0.29) is 5.97 Å². The van der Waals surface area contributed by atoms with Crippen LogP contribution >= 0.6 is 12.2 Å². The first kappa shape index (κ1) is 24.9. The molecular weight excluding hydrogens is 464 g/mol. The number of hydrogen-bond acceptors (Lipinski definition) is 9. The van der Waals surface area contributed by atoms with Crippen molar-refractivity contribution in [1.29, 1.82) is 0 Å². The summed E-state index contributed by atoms with van der Waals surface area (Å²) in [5.74, 6) is 1.04. The largest absolute Gasteiger partial charge is 0.462 e. The molecule has 3 heterocycles. The minimum absolute atomic E-state index is 0.347. The Labute approximate surface area is 210 Å². The lowest BCUT2D eigenvalue weighted by atomic mass is 10.2. The highest BCUT2D eigenvalue weighted by Crippen LogP contribution is 2.23. The van der Waals surface area contributed by atoms with Crippen molar-refractivity contribution in [1.82, 2.24) is 19.7 Å². The maximum Gasteiger partial charge on any atom is 0.339 e. The molecule has 0 bridgehead atoms. The molecule has 10 heteroatoms. The van der Waals surface area contributed by atoms with Crippen molar-refractivity contribution in [2.24, 2.45) is 0 Å². The molecule has 35 heavy (non-hydrogen) atoms. The van der Waals surface area contributed by atoms with Crippen LogP contribution in [0.1, 0.15) is 31.1 Å². The van der Waals surface area contributed by atoms with Gasteiger partial charge < -0.3 is 19.0 Å². The van der Waals surface area contributed by atoms with Crippen LogP contribution in [0.5, 0.6) is 0 Å². The molecule has 0 saturated carbocycles. The normalized spacial score (nSPS) is 14.2. The Balaban J connectivity index is 1.34. The Morgan fingerprint density at radius 3 is 2.37 bits per heavy atom. The molecule has 0 atom stereocenters. The summed E-state index contributed by atoms with van der Waals surface area (Å²) in [6.45, 7) is 12.2. The second kappa shape index (κ2) is 11.5. The maximum atomic E-state index is 11.8. The summed E-state index contributed by atoms with van der Waals surface area (Å²) in [6.07, 6.45) is 1.57. The first-order chi connectivity index (χ1) is 17.0. The Morgan fingerprint density at radius 1 is 1.06 bits per heavy atom. The zero-order valence-electron chi connectivity index (χ0n) is 20.5. The van der Waals surface area contributed by atoms with E-state index in [9.17, 15) is 4.79 Å². The molecule has 3 aromatic rings. The summed E-state index contributed by atoms with van der Waals surface area (Å²) >= 11 is 5.44. The highest BCUT2D eigenvalue weighted by molar-refractivity contribution is 7.71. The third-order valence-corrected chi connectivity index (χ3v) is 6.43. The molecule has 0 aliphatic carbocycles. The van der Waals surface area contributed by atoms with Gasteiger partial charge in [-0.3, -0.25) is 4.90 Å². The molecule has 4 rings (SSSR count). The fourth-order valence-electron chi connectivity index (χ4n) is 4.13. The van der Waals surface area contributed by atoms with Gasteiger partial charge in [-0.1, -0.05) is 0 Å². The second-order valence-electron chi connectivity index (χ2n) is 8.26. The lowest BCUT2D eigenvalue weighted by Gasteiger charge is -2.35. The van der Waals surface area contributed by atoms with Gasteiger partial charge in [0.1, 0.15) is 5.82 Å². The van der Waals surface area contributed by atoms with Gasteiger partial charge in [0.05, 0.1) is 18.8 Å². The fraction of sp³-hybridized carbons (Fsp3) is 0.440. The summed E-state index contributed by atoms with van der Waals surface area (Å²) in [6, 6.07) is 11.9. The van der Waals surface area contributed by atoms with Gasteiger partial charge in [-0.15, -0.1) is 5.10 Å². The van der Waals surface area contributed by atoms with Gasteiger partial charge >= 0.3 is 5.97 Å². The van der Waals surface area contributed by atoms with Gasteiger partial charge in [-0.05, 0) is 69.4 Å². The standard InChI is InChI=1S/C25H32N6O3S/c1-4-29(5-2)21-10-7-19(8-11-21)23-27-31(25(35)34-23)18-28-13-15-30(16-14-28)22-12-9-20(17-26-22)24(32)33-6-3/h7-12,17H,4-6,13-16,18H2,1-3H3. The molecule has 1 aliphatic heterocycles. The number of pyridine rings is 1. The number of nitrogens with zero attached hydrogens (tertiary/aromatic N) is 6. The first-order valence-electron chi connectivity index (χ1n) is 12.1. The van der Waals surface area contributed by atoms with Crippen molar-refractivity contribution < 1.29 is 13.9 Å². The van der Waals surface area contributed by atoms with Crippen molar-refractivity contribution in [3.8, 4) is 11.5 Å². The van der Waals surface area contributed by atoms with E-state index in [1.165, 1.54) is 5.69 Å². The van der Waals surface area contributed by atoms with Crippen LogP contribution in [0.4, 0.5) is 11.5 Å². The van der Waals surface area contributed by atoms with E-state index < -0.39 is 0 Å². The average Bonchev–Trinajstić information content (AvgIpc) is 3.26. The molecule has 1 aromatic carbocycles. The molecule has 186 valence electrons. The molecule has 1 fully saturated rings. The van der Waals surface area contributed by atoms with Crippen LogP contribution in [-0.2, 0) is 11.4 Å². The monoisotopic (exact) mass is 496 g/mol. The number of aromatic nitrogens is 3. The van der Waals surface area contributed by atoms with Crippen LogP contribution in [-0.4, -0.2) is 71.5 Å². The summed E-state index contributed by atoms with van der Waals surface area (Å²) in [5, 5.41) is 4.63. The van der Waals surface area contributed by atoms with Crippen LogP contribution in [0.3, 0.4) is 0 Å². The number of esters is 1. The van der Waals surface area contributed by atoms with Crippen LogP contribution < -0.4 is 9.80 Å². The Kier molecular flexibility index (Phi) is 8.14. The number of hydrogen-bond donors (Lipinski definition) is 0. The number of piperazine rings is 1. The molecule has 0 N–H and O–H groups in total. The number of rotatable bonds is 9. The van der Waals surface area contributed by atoms with E-state index in [1.54, 1.807) is 23.9 Å². The van der Waals surface area contributed by atoms with E-state index in [1.807, 2.05) is 18.2 Å². The van der Waals surface area contributed by atoms with Crippen LogP contribution in [0.15, 0.2) is 47.0 Å². The average molecular weight is 497 g/mol. The van der Waals surface area contributed by atoms with Gasteiger partial charge in [0.15, 0.2) is 0 Å². The number of carbonyl (C=O) groups is 1. The van der Waals surface area contributed by atoms with E-state index in [0.717, 1.165) is 50.6 Å². The minimum atomic E-state index is -0.347.